The van der Waals surface area contributed by atoms with Crippen LogP contribution in [0, 0.1) is 0 Å². The summed E-state index contributed by atoms with van der Waals surface area (Å²) in [6.45, 7) is -1.12. The molecule has 4 amide bonds. The van der Waals surface area contributed by atoms with E-state index in [1.54, 1.807) is 10.7 Å². The minimum absolute atomic E-state index is 0.401. The highest BCUT2D eigenvalue weighted by Crippen LogP contribution is 2.35. The largest absolute Gasteiger partial charge is 0.454 e. The van der Waals surface area contributed by atoms with E-state index < -0.39 is 42.5 Å². The number of esters is 1. The summed E-state index contributed by atoms with van der Waals surface area (Å²) < 4.78 is 6.66. The van der Waals surface area contributed by atoms with Gasteiger partial charge in [0, 0.05) is 11.6 Å². The molecule has 1 aliphatic carbocycles. The molecule has 0 bridgehead atoms. The summed E-state index contributed by atoms with van der Waals surface area (Å²) in [5.41, 5.74) is 1.38. The SMILES string of the molecule is O=C(COC(=O)CN1C(=O)NC2(CCCC2)C1=O)Nc1cc(-c2ccccc2)nn1-c1ccccc1. The molecular weight excluding hydrogens is 462 g/mol. The molecule has 0 unspecified atom stereocenters. The number of nitrogens with zero attached hydrogens (tertiary/aromatic N) is 3. The third-order valence-corrected chi connectivity index (χ3v) is 6.40. The van der Waals surface area contributed by atoms with Gasteiger partial charge in [0.1, 0.15) is 17.9 Å². The highest BCUT2D eigenvalue weighted by atomic mass is 16.5. The smallest absolute Gasteiger partial charge is 0.326 e. The molecule has 2 aromatic carbocycles. The zero-order chi connectivity index (χ0) is 25.1. The van der Waals surface area contributed by atoms with Gasteiger partial charge in [-0.15, -0.1) is 0 Å². The van der Waals surface area contributed by atoms with Crippen LogP contribution in [0.5, 0.6) is 0 Å². The molecule has 10 heteroatoms. The predicted octanol–water partition coefficient (Wildman–Crippen LogP) is 2.89. The van der Waals surface area contributed by atoms with Gasteiger partial charge < -0.3 is 15.4 Å². The van der Waals surface area contributed by atoms with E-state index in [-0.39, 0.29) is 0 Å². The van der Waals surface area contributed by atoms with Crippen molar-refractivity contribution in [3.63, 3.8) is 0 Å². The number of carbonyl (C=O) groups is 4. The predicted molar refractivity (Wildman–Crippen MR) is 130 cm³/mol. The van der Waals surface area contributed by atoms with Crippen LogP contribution in [0.15, 0.2) is 66.7 Å². The van der Waals surface area contributed by atoms with E-state index in [2.05, 4.69) is 15.7 Å². The van der Waals surface area contributed by atoms with Gasteiger partial charge in [0.05, 0.1) is 11.4 Å². The second kappa shape index (κ2) is 9.65. The van der Waals surface area contributed by atoms with Gasteiger partial charge in [0.2, 0.25) is 0 Å². The molecular formula is C26H25N5O5. The van der Waals surface area contributed by atoms with Crippen molar-refractivity contribution in [2.75, 3.05) is 18.5 Å². The van der Waals surface area contributed by atoms with E-state index in [0.29, 0.717) is 24.4 Å². The number of nitrogens with one attached hydrogen (secondary N) is 2. The Hall–Kier alpha value is -4.47. The summed E-state index contributed by atoms with van der Waals surface area (Å²) in [6.07, 6.45) is 2.81. The van der Waals surface area contributed by atoms with Crippen LogP contribution < -0.4 is 10.6 Å². The number of rotatable bonds is 7. The number of benzene rings is 2. The van der Waals surface area contributed by atoms with Crippen LogP contribution in [0.3, 0.4) is 0 Å². The first-order valence-electron chi connectivity index (χ1n) is 11.8. The molecule has 2 fully saturated rings. The third kappa shape index (κ3) is 4.57. The van der Waals surface area contributed by atoms with Crippen molar-refractivity contribution in [3.8, 4) is 16.9 Å². The Morgan fingerprint density at radius 3 is 2.36 bits per heavy atom. The molecule has 0 radical (unpaired) electrons. The fourth-order valence-corrected chi connectivity index (χ4v) is 4.62. The molecule has 36 heavy (non-hydrogen) atoms. The lowest BCUT2D eigenvalue weighted by Gasteiger charge is -2.19. The lowest BCUT2D eigenvalue weighted by atomic mass is 9.98. The average molecular weight is 488 g/mol. The molecule has 2 N–H and O–H groups in total. The fourth-order valence-electron chi connectivity index (χ4n) is 4.62. The second-order valence-corrected chi connectivity index (χ2v) is 8.85. The van der Waals surface area contributed by atoms with Gasteiger partial charge >= 0.3 is 12.0 Å². The molecule has 1 spiro atoms. The summed E-state index contributed by atoms with van der Waals surface area (Å²) in [5.74, 6) is -1.43. The number of hydrogen-bond acceptors (Lipinski definition) is 6. The van der Waals surface area contributed by atoms with E-state index in [1.807, 2.05) is 60.7 Å². The molecule has 5 rings (SSSR count). The number of anilines is 1. The van der Waals surface area contributed by atoms with Crippen LogP contribution in [-0.2, 0) is 19.1 Å². The monoisotopic (exact) mass is 487 g/mol. The fraction of sp³-hybridized carbons (Fsp3) is 0.269. The summed E-state index contributed by atoms with van der Waals surface area (Å²) in [5, 5.41) is 10.1. The molecule has 10 nitrogen and oxygen atoms in total. The molecule has 3 aromatic rings. The van der Waals surface area contributed by atoms with E-state index >= 15 is 0 Å². The van der Waals surface area contributed by atoms with E-state index in [4.69, 9.17) is 4.74 Å². The number of urea groups is 1. The van der Waals surface area contributed by atoms with Crippen LogP contribution in [-0.4, -0.2) is 57.2 Å². The quantitative estimate of drug-likeness (QED) is 0.390. The number of carbonyl (C=O) groups excluding carboxylic acids is 4. The topological polar surface area (TPSA) is 123 Å². The lowest BCUT2D eigenvalue weighted by Crippen LogP contribution is -2.44. The van der Waals surface area contributed by atoms with Crippen LogP contribution >= 0.6 is 0 Å². The molecule has 1 saturated carbocycles. The van der Waals surface area contributed by atoms with E-state index in [0.717, 1.165) is 29.0 Å². The Labute approximate surface area is 207 Å². The minimum atomic E-state index is -0.902. The summed E-state index contributed by atoms with van der Waals surface area (Å²) >= 11 is 0. The first-order valence-corrected chi connectivity index (χ1v) is 11.8. The van der Waals surface area contributed by atoms with Crippen molar-refractivity contribution in [1.29, 1.82) is 0 Å². The van der Waals surface area contributed by atoms with Crippen molar-refractivity contribution in [2.24, 2.45) is 0 Å². The van der Waals surface area contributed by atoms with Crippen molar-refractivity contribution < 1.29 is 23.9 Å². The van der Waals surface area contributed by atoms with Gasteiger partial charge in [-0.1, -0.05) is 61.4 Å². The second-order valence-electron chi connectivity index (χ2n) is 8.85. The number of para-hydroxylation sites is 1. The normalized spacial score (nSPS) is 16.3. The summed E-state index contributed by atoms with van der Waals surface area (Å²) in [7, 11) is 0. The Balaban J connectivity index is 1.24. The maximum absolute atomic E-state index is 12.7. The van der Waals surface area contributed by atoms with E-state index in [1.165, 1.54) is 0 Å². The van der Waals surface area contributed by atoms with Crippen LogP contribution in [0.4, 0.5) is 10.6 Å². The third-order valence-electron chi connectivity index (χ3n) is 6.40. The van der Waals surface area contributed by atoms with Crippen LogP contribution in [0.25, 0.3) is 16.9 Å². The number of hydrogen-bond donors (Lipinski definition) is 2. The molecule has 1 saturated heterocycles. The van der Waals surface area contributed by atoms with Gasteiger partial charge in [-0.3, -0.25) is 19.3 Å². The average Bonchev–Trinajstić information content (AvgIpc) is 3.59. The Bertz CT molecular complexity index is 1300. The van der Waals surface area contributed by atoms with Gasteiger partial charge in [0.15, 0.2) is 6.61 Å². The van der Waals surface area contributed by atoms with E-state index in [9.17, 15) is 19.2 Å². The van der Waals surface area contributed by atoms with Crippen molar-refractivity contribution in [2.45, 2.75) is 31.2 Å². The van der Waals surface area contributed by atoms with Crippen molar-refractivity contribution in [3.05, 3.63) is 66.7 Å². The molecule has 0 atom stereocenters. The highest BCUT2D eigenvalue weighted by Gasteiger charge is 2.52. The zero-order valence-electron chi connectivity index (χ0n) is 19.5. The van der Waals surface area contributed by atoms with Crippen LogP contribution in [0.1, 0.15) is 25.7 Å². The number of imide groups is 1. The van der Waals surface area contributed by atoms with Gasteiger partial charge in [-0.25, -0.2) is 9.48 Å². The first-order chi connectivity index (χ1) is 17.4. The maximum Gasteiger partial charge on any atom is 0.326 e. The molecule has 2 heterocycles. The Kier molecular flexibility index (Phi) is 6.24. The molecule has 2 aliphatic rings. The molecule has 184 valence electrons. The van der Waals surface area contributed by atoms with Crippen LogP contribution in [0.2, 0.25) is 0 Å². The molecule has 1 aliphatic heterocycles. The van der Waals surface area contributed by atoms with Gasteiger partial charge in [-0.05, 0) is 25.0 Å². The number of aromatic nitrogens is 2. The minimum Gasteiger partial charge on any atom is -0.454 e. The number of amides is 4. The summed E-state index contributed by atoms with van der Waals surface area (Å²) in [6, 6.07) is 20.0. The summed E-state index contributed by atoms with van der Waals surface area (Å²) in [4.78, 5) is 50.8. The lowest BCUT2D eigenvalue weighted by molar-refractivity contribution is -0.150. The van der Waals surface area contributed by atoms with Crippen molar-refractivity contribution in [1.82, 2.24) is 20.0 Å². The Morgan fingerprint density at radius 2 is 1.67 bits per heavy atom. The zero-order valence-corrected chi connectivity index (χ0v) is 19.5. The Morgan fingerprint density at radius 1 is 1.00 bits per heavy atom. The van der Waals surface area contributed by atoms with Gasteiger partial charge in [0.25, 0.3) is 11.8 Å². The first kappa shape index (κ1) is 23.3. The molecule has 1 aromatic heterocycles. The number of ether oxygens (including phenoxy) is 1. The maximum atomic E-state index is 12.7. The standard InChI is InChI=1S/C26H25N5O5/c32-22(17-36-23(33)16-30-24(34)26(28-25(30)35)13-7-8-14-26)27-21-15-20(18-9-3-1-4-10-18)29-31(21)19-11-5-2-6-12-19/h1-6,9-12,15H,7-8,13-14,16-17H2,(H,27,32)(H,28,35). The van der Waals surface area contributed by atoms with Gasteiger partial charge in [-0.2, -0.15) is 5.10 Å². The highest BCUT2D eigenvalue weighted by molar-refractivity contribution is 6.09. The van der Waals surface area contributed by atoms with Crippen molar-refractivity contribution >= 4 is 29.6 Å².